The Kier molecular flexibility index (Phi) is 9.01. The van der Waals surface area contributed by atoms with Crippen LogP contribution < -0.4 is 10.1 Å². The van der Waals surface area contributed by atoms with E-state index >= 15 is 0 Å². The molecule has 27 heavy (non-hydrogen) atoms. The van der Waals surface area contributed by atoms with Crippen LogP contribution >= 0.6 is 0 Å². The number of piperazine rings is 1. The van der Waals surface area contributed by atoms with E-state index in [1.807, 2.05) is 0 Å². The molecule has 148 valence electrons. The SMILES string of the molecule is COCCNC(=O)CN1CCN(C[C@@H](O)COc2ccc(C#N)cc2)CC1. The molecule has 8 heteroatoms. The van der Waals surface area contributed by atoms with Gasteiger partial charge in [-0.3, -0.25) is 14.6 Å². The third-order valence-electron chi connectivity index (χ3n) is 4.36. The quantitative estimate of drug-likeness (QED) is 0.540. The van der Waals surface area contributed by atoms with E-state index in [0.717, 1.165) is 26.2 Å². The normalized spacial score (nSPS) is 16.5. The molecule has 1 amide bonds. The van der Waals surface area contributed by atoms with Crippen molar-refractivity contribution in [2.24, 2.45) is 0 Å². The maximum Gasteiger partial charge on any atom is 0.234 e. The predicted molar refractivity (Wildman–Crippen MR) is 100 cm³/mol. The first-order valence-electron chi connectivity index (χ1n) is 9.12. The Labute approximate surface area is 160 Å². The first kappa shape index (κ1) is 21.1. The van der Waals surface area contributed by atoms with Crippen molar-refractivity contribution in [2.45, 2.75) is 6.10 Å². The molecule has 1 aromatic carbocycles. The maximum atomic E-state index is 11.8. The van der Waals surface area contributed by atoms with E-state index < -0.39 is 6.10 Å². The fraction of sp³-hybridized carbons (Fsp3) is 0.579. The van der Waals surface area contributed by atoms with Crippen LogP contribution in [-0.4, -0.2) is 93.1 Å². The van der Waals surface area contributed by atoms with Crippen molar-refractivity contribution >= 4 is 5.91 Å². The van der Waals surface area contributed by atoms with Gasteiger partial charge in [-0.15, -0.1) is 0 Å². The average molecular weight is 376 g/mol. The summed E-state index contributed by atoms with van der Waals surface area (Å²) in [7, 11) is 1.61. The number of amides is 1. The number of nitrogens with one attached hydrogen (secondary N) is 1. The summed E-state index contributed by atoms with van der Waals surface area (Å²) in [6.07, 6.45) is -0.593. The number of ether oxygens (including phenoxy) is 2. The highest BCUT2D eigenvalue weighted by molar-refractivity contribution is 5.78. The molecule has 1 atom stereocenters. The Hall–Kier alpha value is -2.18. The second kappa shape index (κ2) is 11.5. The van der Waals surface area contributed by atoms with E-state index in [0.29, 0.717) is 37.6 Å². The molecule has 1 fully saturated rings. The summed E-state index contributed by atoms with van der Waals surface area (Å²) in [5.41, 5.74) is 0.577. The molecule has 1 heterocycles. The average Bonchev–Trinajstić information content (AvgIpc) is 2.68. The van der Waals surface area contributed by atoms with E-state index in [9.17, 15) is 9.90 Å². The monoisotopic (exact) mass is 376 g/mol. The maximum absolute atomic E-state index is 11.8. The second-order valence-corrected chi connectivity index (χ2v) is 6.52. The standard InChI is InChI=1S/C19H28N4O4/c1-26-11-6-21-19(25)14-23-9-7-22(8-10-23)13-17(24)15-27-18-4-2-16(12-20)3-5-18/h2-5,17,24H,6-11,13-15H2,1H3,(H,21,25)/t17-/m1/s1. The molecule has 1 saturated heterocycles. The van der Waals surface area contributed by atoms with Crippen LogP contribution in [-0.2, 0) is 9.53 Å². The zero-order valence-electron chi connectivity index (χ0n) is 15.8. The Morgan fingerprint density at radius 2 is 1.93 bits per heavy atom. The van der Waals surface area contributed by atoms with Gasteiger partial charge in [0.1, 0.15) is 18.5 Å². The van der Waals surface area contributed by atoms with E-state index in [4.69, 9.17) is 14.7 Å². The van der Waals surface area contributed by atoms with Gasteiger partial charge in [0.05, 0.1) is 24.8 Å². The molecule has 2 N–H and O–H groups in total. The Bertz CT molecular complexity index is 609. The van der Waals surface area contributed by atoms with E-state index in [2.05, 4.69) is 21.2 Å². The zero-order chi connectivity index (χ0) is 19.5. The first-order valence-corrected chi connectivity index (χ1v) is 9.12. The number of rotatable bonds is 10. The van der Waals surface area contributed by atoms with Gasteiger partial charge in [0.25, 0.3) is 0 Å². The Morgan fingerprint density at radius 1 is 1.26 bits per heavy atom. The fourth-order valence-electron chi connectivity index (χ4n) is 2.85. The van der Waals surface area contributed by atoms with Crippen LogP contribution in [0.5, 0.6) is 5.75 Å². The van der Waals surface area contributed by atoms with Crippen LogP contribution in [0.4, 0.5) is 0 Å². The van der Waals surface area contributed by atoms with Crippen LogP contribution in [0.15, 0.2) is 24.3 Å². The van der Waals surface area contributed by atoms with E-state index in [-0.39, 0.29) is 12.5 Å². The van der Waals surface area contributed by atoms with Crippen molar-refractivity contribution in [3.8, 4) is 11.8 Å². The summed E-state index contributed by atoms with van der Waals surface area (Å²) in [6.45, 7) is 5.36. The van der Waals surface area contributed by atoms with E-state index in [1.165, 1.54) is 0 Å². The molecular weight excluding hydrogens is 348 g/mol. The number of carbonyl (C=O) groups excluding carboxylic acids is 1. The van der Waals surface area contributed by atoms with E-state index in [1.54, 1.807) is 31.4 Å². The number of nitriles is 1. The van der Waals surface area contributed by atoms with Gasteiger partial charge in [-0.05, 0) is 24.3 Å². The van der Waals surface area contributed by atoms with Crippen molar-refractivity contribution in [2.75, 3.05) is 66.1 Å². The summed E-state index contributed by atoms with van der Waals surface area (Å²) in [5.74, 6) is 0.647. The van der Waals surface area contributed by atoms with Gasteiger partial charge in [0, 0.05) is 46.4 Å². The summed E-state index contributed by atoms with van der Waals surface area (Å²) in [4.78, 5) is 16.1. The van der Waals surface area contributed by atoms with Gasteiger partial charge in [0.15, 0.2) is 0 Å². The van der Waals surface area contributed by atoms with Gasteiger partial charge in [-0.2, -0.15) is 5.26 Å². The lowest BCUT2D eigenvalue weighted by molar-refractivity contribution is -0.122. The van der Waals surface area contributed by atoms with Gasteiger partial charge < -0.3 is 19.9 Å². The first-order chi connectivity index (χ1) is 13.1. The zero-order valence-corrected chi connectivity index (χ0v) is 15.8. The number of β-amino-alcohol motifs (C(OH)–C–C–N with tert-alkyl or cyclic N) is 1. The van der Waals surface area contributed by atoms with Crippen molar-refractivity contribution in [1.29, 1.82) is 5.26 Å². The molecule has 2 rings (SSSR count). The van der Waals surface area contributed by atoms with Gasteiger partial charge in [0.2, 0.25) is 5.91 Å². The number of benzene rings is 1. The minimum atomic E-state index is -0.593. The van der Waals surface area contributed by atoms with Crippen LogP contribution in [0.3, 0.4) is 0 Å². The summed E-state index contributed by atoms with van der Waals surface area (Å²) >= 11 is 0. The van der Waals surface area contributed by atoms with Gasteiger partial charge >= 0.3 is 0 Å². The molecule has 0 unspecified atom stereocenters. The van der Waals surface area contributed by atoms with Crippen molar-refractivity contribution in [3.63, 3.8) is 0 Å². The Morgan fingerprint density at radius 3 is 2.56 bits per heavy atom. The lowest BCUT2D eigenvalue weighted by Gasteiger charge is -2.35. The number of hydrogen-bond donors (Lipinski definition) is 2. The Balaban J connectivity index is 1.61. The van der Waals surface area contributed by atoms with Gasteiger partial charge in [-0.25, -0.2) is 0 Å². The minimum Gasteiger partial charge on any atom is -0.491 e. The molecule has 0 aliphatic carbocycles. The summed E-state index contributed by atoms with van der Waals surface area (Å²) in [6, 6.07) is 8.88. The predicted octanol–water partition coefficient (Wildman–Crippen LogP) is -0.322. The lowest BCUT2D eigenvalue weighted by atomic mass is 10.2. The minimum absolute atomic E-state index is 0.0105. The summed E-state index contributed by atoms with van der Waals surface area (Å²) < 4.78 is 10.5. The number of aliphatic hydroxyl groups is 1. The molecule has 0 radical (unpaired) electrons. The summed E-state index contributed by atoms with van der Waals surface area (Å²) in [5, 5.41) is 21.8. The second-order valence-electron chi connectivity index (χ2n) is 6.52. The van der Waals surface area contributed by atoms with Crippen molar-refractivity contribution in [3.05, 3.63) is 29.8 Å². The molecule has 1 aliphatic rings. The third kappa shape index (κ3) is 7.93. The van der Waals surface area contributed by atoms with Gasteiger partial charge in [-0.1, -0.05) is 0 Å². The number of aliphatic hydroxyl groups excluding tert-OH is 1. The number of hydrogen-bond acceptors (Lipinski definition) is 7. The molecule has 1 aromatic rings. The lowest BCUT2D eigenvalue weighted by Crippen LogP contribution is -2.51. The van der Waals surface area contributed by atoms with Crippen LogP contribution in [0.2, 0.25) is 0 Å². The highest BCUT2D eigenvalue weighted by Gasteiger charge is 2.20. The highest BCUT2D eigenvalue weighted by atomic mass is 16.5. The molecule has 8 nitrogen and oxygen atoms in total. The van der Waals surface area contributed by atoms with Crippen LogP contribution in [0.25, 0.3) is 0 Å². The van der Waals surface area contributed by atoms with Crippen molar-refractivity contribution in [1.82, 2.24) is 15.1 Å². The molecule has 0 saturated carbocycles. The molecule has 0 spiro atoms. The smallest absolute Gasteiger partial charge is 0.234 e. The van der Waals surface area contributed by atoms with Crippen LogP contribution in [0, 0.1) is 11.3 Å². The molecular formula is C19H28N4O4. The van der Waals surface area contributed by atoms with Crippen LogP contribution in [0.1, 0.15) is 5.56 Å². The largest absolute Gasteiger partial charge is 0.491 e. The number of nitrogens with zero attached hydrogens (tertiary/aromatic N) is 3. The number of carbonyl (C=O) groups is 1. The highest BCUT2D eigenvalue weighted by Crippen LogP contribution is 2.12. The third-order valence-corrected chi connectivity index (χ3v) is 4.36. The molecule has 0 bridgehead atoms. The van der Waals surface area contributed by atoms with Crippen molar-refractivity contribution < 1.29 is 19.4 Å². The number of methoxy groups -OCH3 is 1. The fourth-order valence-corrected chi connectivity index (χ4v) is 2.85. The molecule has 1 aliphatic heterocycles. The molecule has 0 aromatic heterocycles. The topological polar surface area (TPSA) is 98.1 Å².